The van der Waals surface area contributed by atoms with E-state index in [1.165, 1.54) is 11.0 Å². The van der Waals surface area contributed by atoms with Crippen LogP contribution in [-0.2, 0) is 0 Å². The van der Waals surface area contributed by atoms with E-state index in [0.717, 1.165) is 19.3 Å². The highest BCUT2D eigenvalue weighted by atomic mass is 35.5. The molecule has 0 amide bonds. The lowest BCUT2D eigenvalue weighted by Crippen LogP contribution is -2.36. The van der Waals surface area contributed by atoms with Crippen LogP contribution in [0.15, 0.2) is 12.7 Å². The van der Waals surface area contributed by atoms with Crippen LogP contribution in [0.25, 0.3) is 5.95 Å². The van der Waals surface area contributed by atoms with Crippen LogP contribution in [0, 0.1) is 0 Å². The molecule has 7 nitrogen and oxygen atoms in total. The summed E-state index contributed by atoms with van der Waals surface area (Å²) in [5.41, 5.74) is 0. The summed E-state index contributed by atoms with van der Waals surface area (Å²) in [6.07, 6.45) is 6.33. The topological polar surface area (TPSA) is 72.6 Å². The van der Waals surface area contributed by atoms with Crippen LogP contribution in [0.5, 0.6) is 0 Å². The second-order valence-corrected chi connectivity index (χ2v) is 5.28. The summed E-state index contributed by atoms with van der Waals surface area (Å²) in [7, 11) is 0. The van der Waals surface area contributed by atoms with Gasteiger partial charge in [-0.2, -0.15) is 24.7 Å². The maximum atomic E-state index is 6.03. The van der Waals surface area contributed by atoms with Crippen molar-refractivity contribution in [3.63, 3.8) is 0 Å². The Kier molecular flexibility index (Phi) is 3.52. The van der Waals surface area contributed by atoms with E-state index in [1.54, 1.807) is 6.33 Å². The monoisotopic (exact) mass is 293 g/mol. The number of rotatable bonds is 3. The third kappa shape index (κ3) is 2.33. The third-order valence-corrected chi connectivity index (χ3v) is 3.87. The molecule has 2 aromatic rings. The van der Waals surface area contributed by atoms with Crippen LogP contribution in [-0.4, -0.2) is 41.8 Å². The average Bonchev–Trinajstić information content (AvgIpc) is 3.06. The van der Waals surface area contributed by atoms with Crippen molar-refractivity contribution in [2.45, 2.75) is 45.2 Å². The second kappa shape index (κ2) is 5.32. The minimum atomic E-state index is 0.175. The summed E-state index contributed by atoms with van der Waals surface area (Å²) >= 11 is 6.03. The van der Waals surface area contributed by atoms with Crippen molar-refractivity contribution in [1.29, 1.82) is 0 Å². The summed E-state index contributed by atoms with van der Waals surface area (Å²) in [5.74, 6) is 1.01. The minimum Gasteiger partial charge on any atom is -0.335 e. The highest BCUT2D eigenvalue weighted by molar-refractivity contribution is 6.28. The molecule has 0 spiro atoms. The lowest BCUT2D eigenvalue weighted by molar-refractivity contribution is 0.608. The van der Waals surface area contributed by atoms with Gasteiger partial charge < -0.3 is 4.90 Å². The molecule has 1 aliphatic rings. The molecule has 2 unspecified atom stereocenters. The van der Waals surface area contributed by atoms with Gasteiger partial charge in [0.15, 0.2) is 0 Å². The van der Waals surface area contributed by atoms with Gasteiger partial charge in [-0.25, -0.2) is 4.98 Å². The van der Waals surface area contributed by atoms with Gasteiger partial charge in [0.1, 0.15) is 12.7 Å². The summed E-state index contributed by atoms with van der Waals surface area (Å²) < 4.78 is 1.48. The predicted octanol–water partition coefficient (Wildman–Crippen LogP) is 1.87. The Labute approximate surface area is 122 Å². The molecular formula is C12H16ClN7. The van der Waals surface area contributed by atoms with E-state index in [0.29, 0.717) is 24.0 Å². The molecule has 0 bridgehead atoms. The van der Waals surface area contributed by atoms with Gasteiger partial charge in [0.2, 0.25) is 11.2 Å². The van der Waals surface area contributed by atoms with Gasteiger partial charge in [0.05, 0.1) is 0 Å². The first-order valence-electron chi connectivity index (χ1n) is 6.74. The van der Waals surface area contributed by atoms with E-state index in [1.807, 2.05) is 0 Å². The molecule has 3 heterocycles. The predicted molar refractivity (Wildman–Crippen MR) is 75.0 cm³/mol. The lowest BCUT2D eigenvalue weighted by Gasteiger charge is -2.27. The molecule has 106 valence electrons. The quantitative estimate of drug-likeness (QED) is 0.860. The van der Waals surface area contributed by atoms with E-state index in [2.05, 4.69) is 43.8 Å². The molecule has 0 saturated carbocycles. The van der Waals surface area contributed by atoms with Crippen molar-refractivity contribution < 1.29 is 0 Å². The van der Waals surface area contributed by atoms with Gasteiger partial charge in [0, 0.05) is 12.1 Å². The van der Waals surface area contributed by atoms with Crippen molar-refractivity contribution >= 4 is 17.5 Å². The van der Waals surface area contributed by atoms with E-state index in [-0.39, 0.29) is 5.28 Å². The number of halogens is 1. The van der Waals surface area contributed by atoms with Gasteiger partial charge in [0.25, 0.3) is 5.95 Å². The van der Waals surface area contributed by atoms with Crippen molar-refractivity contribution in [3.05, 3.63) is 17.9 Å². The minimum absolute atomic E-state index is 0.175. The number of aromatic nitrogens is 6. The Morgan fingerprint density at radius 2 is 2.05 bits per heavy atom. The van der Waals surface area contributed by atoms with Crippen LogP contribution < -0.4 is 4.90 Å². The Bertz CT molecular complexity index is 585. The Morgan fingerprint density at radius 1 is 1.25 bits per heavy atom. The number of hydrogen-bond acceptors (Lipinski definition) is 6. The molecule has 8 heteroatoms. The normalized spacial score (nSPS) is 22.4. The van der Waals surface area contributed by atoms with Crippen LogP contribution in [0.2, 0.25) is 5.28 Å². The fourth-order valence-corrected chi connectivity index (χ4v) is 2.84. The fourth-order valence-electron chi connectivity index (χ4n) is 2.69. The van der Waals surface area contributed by atoms with Crippen molar-refractivity contribution in [1.82, 2.24) is 29.7 Å². The zero-order valence-corrected chi connectivity index (χ0v) is 12.2. The fraction of sp³-hybridized carbons (Fsp3) is 0.583. The Balaban J connectivity index is 2.01. The summed E-state index contributed by atoms with van der Waals surface area (Å²) in [6, 6.07) is 0.856. The number of anilines is 1. The zero-order chi connectivity index (χ0) is 14.1. The van der Waals surface area contributed by atoms with Crippen LogP contribution in [0.1, 0.15) is 33.1 Å². The van der Waals surface area contributed by atoms with Crippen molar-refractivity contribution in [2.24, 2.45) is 0 Å². The molecule has 0 aromatic carbocycles. The molecule has 0 radical (unpaired) electrons. The van der Waals surface area contributed by atoms with Gasteiger partial charge >= 0.3 is 0 Å². The SMILES string of the molecule is CCC1CCC(C)N1c1nc(Cl)nc(-n2cncn2)n1. The highest BCUT2D eigenvalue weighted by Crippen LogP contribution is 2.30. The Hall–Kier alpha value is -1.76. The van der Waals surface area contributed by atoms with Crippen molar-refractivity contribution in [2.75, 3.05) is 4.90 Å². The van der Waals surface area contributed by atoms with E-state index >= 15 is 0 Å². The summed E-state index contributed by atoms with van der Waals surface area (Å²) in [6.45, 7) is 4.36. The molecule has 0 N–H and O–H groups in total. The maximum absolute atomic E-state index is 6.03. The average molecular weight is 294 g/mol. The Morgan fingerprint density at radius 3 is 2.75 bits per heavy atom. The molecule has 1 fully saturated rings. The van der Waals surface area contributed by atoms with Gasteiger partial charge in [-0.05, 0) is 37.8 Å². The van der Waals surface area contributed by atoms with Crippen molar-refractivity contribution in [3.8, 4) is 5.95 Å². The van der Waals surface area contributed by atoms with E-state index in [4.69, 9.17) is 11.6 Å². The third-order valence-electron chi connectivity index (χ3n) is 3.70. The maximum Gasteiger partial charge on any atom is 0.258 e. The zero-order valence-electron chi connectivity index (χ0n) is 11.4. The first kappa shape index (κ1) is 13.2. The molecule has 2 atom stereocenters. The first-order chi connectivity index (χ1) is 9.69. The molecule has 0 aliphatic carbocycles. The van der Waals surface area contributed by atoms with Gasteiger partial charge in [-0.3, -0.25) is 0 Å². The van der Waals surface area contributed by atoms with Gasteiger partial charge in [-0.15, -0.1) is 0 Å². The molecule has 20 heavy (non-hydrogen) atoms. The van der Waals surface area contributed by atoms with Crippen LogP contribution >= 0.6 is 11.6 Å². The van der Waals surface area contributed by atoms with Gasteiger partial charge in [-0.1, -0.05) is 6.92 Å². The molecule has 1 saturated heterocycles. The van der Waals surface area contributed by atoms with Crippen LogP contribution in [0.3, 0.4) is 0 Å². The van der Waals surface area contributed by atoms with Crippen LogP contribution in [0.4, 0.5) is 5.95 Å². The second-order valence-electron chi connectivity index (χ2n) is 4.94. The lowest BCUT2D eigenvalue weighted by atomic mass is 10.2. The van der Waals surface area contributed by atoms with E-state index in [9.17, 15) is 0 Å². The summed E-state index contributed by atoms with van der Waals surface area (Å²) in [4.78, 5) is 19.0. The molecular weight excluding hydrogens is 278 g/mol. The number of nitrogens with zero attached hydrogens (tertiary/aromatic N) is 7. The standard InChI is InChI=1S/C12H16ClN7/c1-3-9-5-4-8(2)20(9)12-17-10(13)16-11(18-12)19-7-14-6-15-19/h6-9H,3-5H2,1-2H3. The number of hydrogen-bond donors (Lipinski definition) is 0. The smallest absolute Gasteiger partial charge is 0.258 e. The highest BCUT2D eigenvalue weighted by Gasteiger charge is 2.32. The molecule has 1 aliphatic heterocycles. The molecule has 3 rings (SSSR count). The molecule has 2 aromatic heterocycles. The first-order valence-corrected chi connectivity index (χ1v) is 7.11. The largest absolute Gasteiger partial charge is 0.335 e. The van der Waals surface area contributed by atoms with E-state index < -0.39 is 0 Å². The summed E-state index contributed by atoms with van der Waals surface area (Å²) in [5, 5.41) is 4.20.